The van der Waals surface area contributed by atoms with E-state index in [0.717, 1.165) is 0 Å². The van der Waals surface area contributed by atoms with Gasteiger partial charge in [-0.05, 0) is 18.1 Å². The van der Waals surface area contributed by atoms with Gasteiger partial charge in [0.1, 0.15) is 5.82 Å². The van der Waals surface area contributed by atoms with Crippen molar-refractivity contribution < 1.29 is 21.2 Å². The second-order valence-corrected chi connectivity index (χ2v) is 10.6. The zero-order valence-corrected chi connectivity index (χ0v) is 15.7. The Morgan fingerprint density at radius 1 is 1.00 bits per heavy atom. The molecule has 3 rings (SSSR count). The predicted molar refractivity (Wildman–Crippen MR) is 98.2 cm³/mol. The molecular weight excluding hydrogens is 377 g/mol. The molecule has 2 aromatic rings. The molecule has 0 aliphatic carbocycles. The van der Waals surface area contributed by atoms with E-state index in [1.54, 1.807) is 36.4 Å². The van der Waals surface area contributed by atoms with Crippen LogP contribution in [-0.2, 0) is 25.6 Å². The van der Waals surface area contributed by atoms with Crippen LogP contribution in [0.5, 0.6) is 0 Å². The van der Waals surface area contributed by atoms with Crippen LogP contribution in [0.3, 0.4) is 0 Å². The van der Waals surface area contributed by atoms with Crippen molar-refractivity contribution in [3.8, 4) is 0 Å². The molecule has 0 bridgehead atoms. The molecule has 8 heteroatoms. The standard InChI is InChI=1S/C18H20FNO4S2/c19-17-9-5-4-8-16(17)18-10-11-20(12-13-25(18,21)22)26(23,24)14-15-6-2-1-3-7-15/h1-9,18H,10-14H2. The number of rotatable bonds is 4. The van der Waals surface area contributed by atoms with Crippen LogP contribution in [0, 0.1) is 5.82 Å². The van der Waals surface area contributed by atoms with Crippen molar-refractivity contribution in [2.75, 3.05) is 18.8 Å². The summed E-state index contributed by atoms with van der Waals surface area (Å²) in [4.78, 5) is 0. The van der Waals surface area contributed by atoms with Crippen LogP contribution in [0.2, 0.25) is 0 Å². The van der Waals surface area contributed by atoms with Crippen molar-refractivity contribution in [1.82, 2.24) is 4.31 Å². The van der Waals surface area contributed by atoms with E-state index in [9.17, 15) is 21.2 Å². The van der Waals surface area contributed by atoms with E-state index < -0.39 is 30.9 Å². The van der Waals surface area contributed by atoms with Crippen LogP contribution >= 0.6 is 0 Å². The van der Waals surface area contributed by atoms with Crippen LogP contribution in [0.4, 0.5) is 4.39 Å². The van der Waals surface area contributed by atoms with Gasteiger partial charge in [0.05, 0.1) is 16.8 Å². The van der Waals surface area contributed by atoms with E-state index in [4.69, 9.17) is 0 Å². The number of sulfone groups is 1. The van der Waals surface area contributed by atoms with Gasteiger partial charge >= 0.3 is 0 Å². The summed E-state index contributed by atoms with van der Waals surface area (Å²) < 4.78 is 65.8. The molecule has 0 amide bonds. The lowest BCUT2D eigenvalue weighted by molar-refractivity contribution is 0.426. The molecule has 0 saturated carbocycles. The molecule has 1 saturated heterocycles. The van der Waals surface area contributed by atoms with Crippen molar-refractivity contribution in [3.05, 3.63) is 71.5 Å². The van der Waals surface area contributed by atoms with Gasteiger partial charge in [0, 0.05) is 18.7 Å². The lowest BCUT2D eigenvalue weighted by atomic mass is 10.1. The van der Waals surface area contributed by atoms with Crippen molar-refractivity contribution in [2.45, 2.75) is 17.4 Å². The molecule has 0 radical (unpaired) electrons. The molecule has 1 aliphatic rings. The largest absolute Gasteiger partial charge is 0.228 e. The number of hydrogen-bond donors (Lipinski definition) is 0. The lowest BCUT2D eigenvalue weighted by Crippen LogP contribution is -2.34. The fourth-order valence-corrected chi connectivity index (χ4v) is 6.63. The molecule has 1 atom stereocenters. The first kappa shape index (κ1) is 19.0. The number of halogens is 1. The van der Waals surface area contributed by atoms with E-state index in [1.807, 2.05) is 0 Å². The van der Waals surface area contributed by atoms with Gasteiger partial charge in [-0.15, -0.1) is 0 Å². The third-order valence-corrected chi connectivity index (χ3v) is 8.50. The zero-order chi connectivity index (χ0) is 18.8. The minimum atomic E-state index is -3.65. The Morgan fingerprint density at radius 3 is 2.35 bits per heavy atom. The lowest BCUT2D eigenvalue weighted by Gasteiger charge is -2.19. The van der Waals surface area contributed by atoms with Crippen molar-refractivity contribution >= 4 is 19.9 Å². The second kappa shape index (κ2) is 7.46. The molecule has 1 unspecified atom stereocenters. The molecule has 1 fully saturated rings. The highest BCUT2D eigenvalue weighted by Gasteiger charge is 2.36. The van der Waals surface area contributed by atoms with Crippen LogP contribution in [0.25, 0.3) is 0 Å². The van der Waals surface area contributed by atoms with Gasteiger partial charge in [-0.2, -0.15) is 0 Å². The maximum atomic E-state index is 14.1. The summed E-state index contributed by atoms with van der Waals surface area (Å²) in [6, 6.07) is 14.5. The van der Waals surface area contributed by atoms with E-state index in [-0.39, 0.29) is 36.6 Å². The van der Waals surface area contributed by atoms with Crippen LogP contribution in [0.15, 0.2) is 54.6 Å². The summed E-state index contributed by atoms with van der Waals surface area (Å²) >= 11 is 0. The highest BCUT2D eigenvalue weighted by atomic mass is 32.2. The third-order valence-electron chi connectivity index (χ3n) is 4.54. The highest BCUT2D eigenvalue weighted by molar-refractivity contribution is 7.91. The molecule has 0 spiro atoms. The minimum absolute atomic E-state index is 0.0390. The van der Waals surface area contributed by atoms with Crippen LogP contribution in [0.1, 0.15) is 22.8 Å². The Bertz CT molecular complexity index is 975. The fraction of sp³-hybridized carbons (Fsp3) is 0.333. The molecule has 1 aliphatic heterocycles. The van der Waals surface area contributed by atoms with E-state index in [0.29, 0.717) is 5.56 Å². The van der Waals surface area contributed by atoms with Crippen molar-refractivity contribution in [1.29, 1.82) is 0 Å². The Balaban J connectivity index is 1.83. The molecule has 26 heavy (non-hydrogen) atoms. The molecular formula is C18H20FNO4S2. The number of hydrogen-bond acceptors (Lipinski definition) is 4. The van der Waals surface area contributed by atoms with Gasteiger partial charge in [0.2, 0.25) is 10.0 Å². The number of sulfonamides is 1. The Labute approximate surface area is 153 Å². The SMILES string of the molecule is O=S1(=O)CCN(S(=O)(=O)Cc2ccccc2)CCC1c1ccccc1F. The van der Waals surface area contributed by atoms with Gasteiger partial charge in [-0.3, -0.25) is 0 Å². The van der Waals surface area contributed by atoms with Crippen molar-refractivity contribution in [2.24, 2.45) is 0 Å². The summed E-state index contributed by atoms with van der Waals surface area (Å²) in [5.41, 5.74) is 0.750. The summed E-state index contributed by atoms with van der Waals surface area (Å²) in [5, 5.41) is -1.03. The minimum Gasteiger partial charge on any atom is -0.228 e. The van der Waals surface area contributed by atoms with E-state index in [2.05, 4.69) is 0 Å². The smallest absolute Gasteiger partial charge is 0.218 e. The molecule has 0 N–H and O–H groups in total. The summed E-state index contributed by atoms with van der Waals surface area (Å²) in [5.74, 6) is -1.08. The fourth-order valence-electron chi connectivity index (χ4n) is 3.16. The number of nitrogens with zero attached hydrogens (tertiary/aromatic N) is 1. The normalized spacial score (nSPS) is 21.2. The number of benzene rings is 2. The van der Waals surface area contributed by atoms with Crippen LogP contribution < -0.4 is 0 Å². The summed E-state index contributed by atoms with van der Waals surface area (Å²) in [6.45, 7) is -0.0597. The quantitative estimate of drug-likeness (QED) is 0.795. The maximum absolute atomic E-state index is 14.1. The average molecular weight is 397 g/mol. The maximum Gasteiger partial charge on any atom is 0.218 e. The first-order chi connectivity index (χ1) is 12.3. The monoisotopic (exact) mass is 397 g/mol. The third kappa shape index (κ3) is 4.13. The Hall–Kier alpha value is -1.77. The first-order valence-corrected chi connectivity index (χ1v) is 11.6. The summed E-state index contributed by atoms with van der Waals surface area (Å²) in [6.07, 6.45) is 0.0390. The molecule has 5 nitrogen and oxygen atoms in total. The van der Waals surface area contributed by atoms with Gasteiger partial charge in [0.25, 0.3) is 0 Å². The van der Waals surface area contributed by atoms with Crippen LogP contribution in [-0.4, -0.2) is 40.0 Å². The molecule has 1 heterocycles. The van der Waals surface area contributed by atoms with Gasteiger partial charge in [-0.1, -0.05) is 48.5 Å². The van der Waals surface area contributed by atoms with Gasteiger partial charge in [-0.25, -0.2) is 25.5 Å². The summed E-state index contributed by atoms with van der Waals surface area (Å²) in [7, 11) is -7.30. The van der Waals surface area contributed by atoms with E-state index >= 15 is 0 Å². The molecule has 0 aromatic heterocycles. The van der Waals surface area contributed by atoms with Gasteiger partial charge < -0.3 is 0 Å². The molecule has 140 valence electrons. The topological polar surface area (TPSA) is 71.5 Å². The van der Waals surface area contributed by atoms with Gasteiger partial charge in [0.15, 0.2) is 9.84 Å². The average Bonchev–Trinajstić information content (AvgIpc) is 2.74. The second-order valence-electron chi connectivity index (χ2n) is 6.31. The predicted octanol–water partition coefficient (Wildman–Crippen LogP) is 2.52. The highest BCUT2D eigenvalue weighted by Crippen LogP contribution is 2.32. The Kier molecular flexibility index (Phi) is 5.45. The van der Waals surface area contributed by atoms with E-state index in [1.165, 1.54) is 22.5 Å². The zero-order valence-electron chi connectivity index (χ0n) is 14.1. The van der Waals surface area contributed by atoms with Crippen molar-refractivity contribution in [3.63, 3.8) is 0 Å². The molecule has 2 aromatic carbocycles. The Morgan fingerprint density at radius 2 is 1.65 bits per heavy atom. The first-order valence-electron chi connectivity index (χ1n) is 8.27.